The van der Waals surface area contributed by atoms with Gasteiger partial charge < -0.3 is 10.4 Å². The van der Waals surface area contributed by atoms with Gasteiger partial charge in [-0.1, -0.05) is 6.07 Å². The Labute approximate surface area is 90.3 Å². The van der Waals surface area contributed by atoms with Crippen molar-refractivity contribution in [1.82, 2.24) is 10.2 Å². The largest absolute Gasteiger partial charge is 0.373 e. The fourth-order valence-electron chi connectivity index (χ4n) is 1.38. The molecule has 1 saturated heterocycles. The number of hydrogen-bond donors (Lipinski definition) is 2. The summed E-state index contributed by atoms with van der Waals surface area (Å²) in [6.45, 7) is 0.273. The molecule has 1 aliphatic rings. The third-order valence-corrected chi connectivity index (χ3v) is 2.96. The van der Waals surface area contributed by atoms with Crippen molar-refractivity contribution in [2.24, 2.45) is 0 Å². The molecule has 0 aliphatic carbocycles. The lowest BCUT2D eigenvalue weighted by atomic mass is 10.2. The first-order valence-corrected chi connectivity index (χ1v) is 5.36. The predicted octanol–water partition coefficient (Wildman–Crippen LogP) is 0.508. The summed E-state index contributed by atoms with van der Waals surface area (Å²) in [5, 5.41) is 13.3. The van der Waals surface area contributed by atoms with E-state index < -0.39 is 12.3 Å². The van der Waals surface area contributed by atoms with Crippen LogP contribution in [0.5, 0.6) is 0 Å². The molecule has 0 spiro atoms. The third kappa shape index (κ3) is 2.16. The van der Waals surface area contributed by atoms with E-state index in [1.54, 1.807) is 0 Å². The molecule has 2 heterocycles. The molecule has 1 atom stereocenters. The lowest BCUT2D eigenvalue weighted by Crippen LogP contribution is -2.54. The minimum Gasteiger partial charge on any atom is -0.373 e. The van der Waals surface area contributed by atoms with E-state index in [0.717, 1.165) is 9.78 Å². The quantitative estimate of drug-likeness (QED) is 0.772. The zero-order valence-corrected chi connectivity index (χ0v) is 8.66. The van der Waals surface area contributed by atoms with Crippen molar-refractivity contribution in [1.29, 1.82) is 0 Å². The van der Waals surface area contributed by atoms with Gasteiger partial charge in [-0.2, -0.15) is 0 Å². The maximum absolute atomic E-state index is 11.5. The maximum Gasteiger partial charge on any atom is 0.326 e. The number of carbonyl (C=O) groups excluding carboxylic acids is 2. The van der Waals surface area contributed by atoms with E-state index >= 15 is 0 Å². The Morgan fingerprint density at radius 3 is 3.00 bits per heavy atom. The van der Waals surface area contributed by atoms with Crippen LogP contribution in [0.1, 0.15) is 11.3 Å². The molecule has 0 aromatic carbocycles. The van der Waals surface area contributed by atoms with Gasteiger partial charge >= 0.3 is 6.03 Å². The normalized spacial score (nSPS) is 21.7. The second kappa shape index (κ2) is 4.00. The van der Waals surface area contributed by atoms with Crippen molar-refractivity contribution in [2.75, 3.05) is 0 Å². The number of rotatable bonds is 2. The van der Waals surface area contributed by atoms with E-state index in [0.29, 0.717) is 0 Å². The van der Waals surface area contributed by atoms with Crippen molar-refractivity contribution in [3.63, 3.8) is 0 Å². The van der Waals surface area contributed by atoms with Gasteiger partial charge in [0.2, 0.25) is 5.91 Å². The van der Waals surface area contributed by atoms with Gasteiger partial charge in [0, 0.05) is 4.88 Å². The monoisotopic (exact) mass is 226 g/mol. The minimum absolute atomic E-state index is 0.0584. The van der Waals surface area contributed by atoms with Gasteiger partial charge in [-0.3, -0.25) is 9.69 Å². The second-order valence-corrected chi connectivity index (χ2v) is 4.26. The van der Waals surface area contributed by atoms with Gasteiger partial charge in [-0.05, 0) is 11.4 Å². The Kier molecular flexibility index (Phi) is 2.70. The molecule has 80 valence electrons. The molecule has 0 radical (unpaired) electrons. The molecule has 0 saturated carbocycles. The average molecular weight is 226 g/mol. The van der Waals surface area contributed by atoms with Gasteiger partial charge in [-0.25, -0.2) is 4.79 Å². The van der Waals surface area contributed by atoms with Crippen LogP contribution in [0.25, 0.3) is 0 Å². The first-order chi connectivity index (χ1) is 7.16. The van der Waals surface area contributed by atoms with Crippen molar-refractivity contribution in [2.45, 2.75) is 19.2 Å². The second-order valence-electron chi connectivity index (χ2n) is 3.23. The topological polar surface area (TPSA) is 69.6 Å². The van der Waals surface area contributed by atoms with E-state index in [2.05, 4.69) is 5.32 Å². The first-order valence-electron chi connectivity index (χ1n) is 4.48. The lowest BCUT2D eigenvalue weighted by molar-refractivity contribution is -0.133. The summed E-state index contributed by atoms with van der Waals surface area (Å²) in [6.07, 6.45) is -1.11. The fraction of sp³-hybridized carbons (Fsp3) is 0.333. The number of nitrogens with one attached hydrogen (secondary N) is 1. The zero-order valence-electron chi connectivity index (χ0n) is 7.84. The summed E-state index contributed by atoms with van der Waals surface area (Å²) in [7, 11) is 0. The molecule has 2 rings (SSSR count). The summed E-state index contributed by atoms with van der Waals surface area (Å²) < 4.78 is 0. The van der Waals surface area contributed by atoms with Gasteiger partial charge in [0.15, 0.2) is 0 Å². The van der Waals surface area contributed by atoms with Crippen LogP contribution in [-0.2, 0) is 11.3 Å². The fourth-order valence-corrected chi connectivity index (χ4v) is 2.07. The standard InChI is InChI=1S/C9H10N2O3S/c12-7-4-8(13)11(9(14)10-7)5-6-2-1-3-15-6/h1-3,7,12H,4-5H2,(H,10,14). The van der Waals surface area contributed by atoms with Crippen LogP contribution in [0.15, 0.2) is 17.5 Å². The van der Waals surface area contributed by atoms with Gasteiger partial charge in [0.1, 0.15) is 6.23 Å². The Hall–Kier alpha value is -1.40. The molecular weight excluding hydrogens is 216 g/mol. The van der Waals surface area contributed by atoms with E-state index in [-0.39, 0.29) is 18.9 Å². The molecule has 1 aromatic rings. The molecule has 1 unspecified atom stereocenters. The van der Waals surface area contributed by atoms with Crippen LogP contribution in [0.4, 0.5) is 4.79 Å². The van der Waals surface area contributed by atoms with Crippen molar-refractivity contribution < 1.29 is 14.7 Å². The van der Waals surface area contributed by atoms with Crippen molar-refractivity contribution >= 4 is 23.3 Å². The minimum atomic E-state index is -1.05. The number of amides is 3. The van der Waals surface area contributed by atoms with Crippen LogP contribution < -0.4 is 5.32 Å². The number of aliphatic hydroxyl groups excluding tert-OH is 1. The van der Waals surface area contributed by atoms with E-state index in [4.69, 9.17) is 5.11 Å². The van der Waals surface area contributed by atoms with E-state index in [1.807, 2.05) is 17.5 Å². The molecule has 6 heteroatoms. The number of hydrogen-bond acceptors (Lipinski definition) is 4. The van der Waals surface area contributed by atoms with E-state index in [9.17, 15) is 9.59 Å². The highest BCUT2D eigenvalue weighted by Gasteiger charge is 2.30. The molecule has 1 fully saturated rings. The van der Waals surface area contributed by atoms with Gasteiger partial charge in [-0.15, -0.1) is 11.3 Å². The summed E-state index contributed by atoms with van der Waals surface area (Å²) in [5.74, 6) is -0.348. The van der Waals surface area contributed by atoms with E-state index in [1.165, 1.54) is 11.3 Å². The number of aliphatic hydroxyl groups is 1. The smallest absolute Gasteiger partial charge is 0.326 e. The van der Waals surface area contributed by atoms with Crippen LogP contribution in [0.3, 0.4) is 0 Å². The maximum atomic E-state index is 11.5. The molecule has 3 amide bonds. The summed E-state index contributed by atoms with van der Waals surface area (Å²) in [5.41, 5.74) is 0. The average Bonchev–Trinajstić information content (AvgIpc) is 2.63. The van der Waals surface area contributed by atoms with Crippen molar-refractivity contribution in [3.8, 4) is 0 Å². The molecule has 1 aromatic heterocycles. The number of carbonyl (C=O) groups is 2. The highest BCUT2D eigenvalue weighted by atomic mass is 32.1. The Morgan fingerprint density at radius 2 is 2.40 bits per heavy atom. The third-order valence-electron chi connectivity index (χ3n) is 2.10. The first kappa shape index (κ1) is 10.1. The Balaban J connectivity index is 2.08. The molecule has 2 N–H and O–H groups in total. The van der Waals surface area contributed by atoms with Crippen LogP contribution in [0, 0.1) is 0 Å². The van der Waals surface area contributed by atoms with Gasteiger partial charge in [0.05, 0.1) is 13.0 Å². The number of nitrogens with zero attached hydrogens (tertiary/aromatic N) is 1. The summed E-state index contributed by atoms with van der Waals surface area (Å²) in [4.78, 5) is 24.9. The predicted molar refractivity (Wildman–Crippen MR) is 54.0 cm³/mol. The zero-order chi connectivity index (χ0) is 10.8. The molecule has 1 aliphatic heterocycles. The van der Waals surface area contributed by atoms with Crippen molar-refractivity contribution in [3.05, 3.63) is 22.4 Å². The number of thiophene rings is 1. The van der Waals surface area contributed by atoms with Crippen LogP contribution in [0.2, 0.25) is 0 Å². The highest BCUT2D eigenvalue weighted by Crippen LogP contribution is 2.15. The Bertz CT molecular complexity index is 359. The number of imide groups is 1. The number of urea groups is 1. The van der Waals surface area contributed by atoms with Crippen LogP contribution >= 0.6 is 11.3 Å². The molecule has 5 nitrogen and oxygen atoms in total. The summed E-state index contributed by atoms with van der Waals surface area (Å²) >= 11 is 1.49. The molecule has 15 heavy (non-hydrogen) atoms. The van der Waals surface area contributed by atoms with Gasteiger partial charge in [0.25, 0.3) is 0 Å². The molecular formula is C9H10N2O3S. The lowest BCUT2D eigenvalue weighted by Gasteiger charge is -2.28. The molecule has 0 bridgehead atoms. The summed E-state index contributed by atoms with van der Waals surface area (Å²) in [6, 6.07) is 3.18. The Morgan fingerprint density at radius 1 is 1.60 bits per heavy atom. The van der Waals surface area contributed by atoms with Crippen LogP contribution in [-0.4, -0.2) is 28.2 Å². The SMILES string of the molecule is O=C1CC(O)NC(=O)N1Cc1cccs1. The highest BCUT2D eigenvalue weighted by molar-refractivity contribution is 7.09.